The molecule has 2 N–H and O–H groups in total. The number of thioether (sulfide) groups is 1. The largest absolute Gasteiger partial charge is 0.393 e. The van der Waals surface area contributed by atoms with Crippen LogP contribution in [0.5, 0.6) is 0 Å². The Morgan fingerprint density at radius 3 is 2.59 bits per heavy atom. The van der Waals surface area contributed by atoms with Crippen molar-refractivity contribution in [3.05, 3.63) is 46.5 Å². The number of Topliss-reactive ketones (excluding diaryl/α,β-unsaturated/α-hetero) is 1. The molecule has 0 amide bonds. The summed E-state index contributed by atoms with van der Waals surface area (Å²) >= 11 is 1.29. The van der Waals surface area contributed by atoms with Gasteiger partial charge in [-0.05, 0) is 12.5 Å². The zero-order valence-electron chi connectivity index (χ0n) is 9.38. The van der Waals surface area contributed by atoms with E-state index in [0.717, 1.165) is 5.56 Å². The molecule has 0 saturated carbocycles. The van der Waals surface area contributed by atoms with Crippen molar-refractivity contribution in [2.24, 2.45) is 5.73 Å². The zero-order valence-corrected chi connectivity index (χ0v) is 10.2. The average Bonchev–Trinajstić information content (AvgIpc) is 2.67. The molecule has 2 atom stereocenters. The van der Waals surface area contributed by atoms with Gasteiger partial charge in [-0.1, -0.05) is 42.1 Å². The molecule has 86 valence electrons. The lowest BCUT2D eigenvalue weighted by atomic mass is 9.88. The Kier molecular flexibility index (Phi) is 3.21. The maximum atomic E-state index is 11.6. The first-order valence-corrected chi connectivity index (χ1v) is 6.15. The van der Waals surface area contributed by atoms with E-state index in [0.29, 0.717) is 10.6 Å². The second-order valence-electron chi connectivity index (χ2n) is 3.93. The maximum absolute atomic E-state index is 11.6. The molecule has 0 saturated heterocycles. The monoisotopic (exact) mass is 244 g/mol. The molecule has 1 heterocycles. The SMILES string of the molecule is CC(=O)C1SC(N)=C(C#N)[C@@H]1c1ccccc1. The Bertz CT molecular complexity index is 516. The van der Waals surface area contributed by atoms with Gasteiger partial charge in [0, 0.05) is 5.92 Å². The van der Waals surface area contributed by atoms with E-state index in [9.17, 15) is 4.79 Å². The van der Waals surface area contributed by atoms with Crippen LogP contribution in [0.4, 0.5) is 0 Å². The lowest BCUT2D eigenvalue weighted by Crippen LogP contribution is -2.20. The first kappa shape index (κ1) is 11.7. The van der Waals surface area contributed by atoms with Crippen molar-refractivity contribution in [1.29, 1.82) is 5.26 Å². The number of nitriles is 1. The Balaban J connectivity index is 2.47. The van der Waals surface area contributed by atoms with Crippen LogP contribution in [0.1, 0.15) is 18.4 Å². The van der Waals surface area contributed by atoms with Gasteiger partial charge in [0.1, 0.15) is 5.78 Å². The minimum atomic E-state index is -0.271. The van der Waals surface area contributed by atoms with Gasteiger partial charge < -0.3 is 5.73 Å². The van der Waals surface area contributed by atoms with Crippen molar-refractivity contribution in [3.8, 4) is 6.07 Å². The zero-order chi connectivity index (χ0) is 12.4. The van der Waals surface area contributed by atoms with Crippen LogP contribution in [-0.4, -0.2) is 11.0 Å². The minimum absolute atomic E-state index is 0.0528. The lowest BCUT2D eigenvalue weighted by Gasteiger charge is -2.17. The summed E-state index contributed by atoms with van der Waals surface area (Å²) < 4.78 is 0. The first-order chi connectivity index (χ1) is 8.15. The number of nitrogens with two attached hydrogens (primary N) is 1. The minimum Gasteiger partial charge on any atom is -0.393 e. The molecule has 0 aliphatic carbocycles. The quantitative estimate of drug-likeness (QED) is 0.865. The van der Waals surface area contributed by atoms with Crippen LogP contribution >= 0.6 is 11.8 Å². The van der Waals surface area contributed by atoms with Gasteiger partial charge in [-0.2, -0.15) is 5.26 Å². The second-order valence-corrected chi connectivity index (χ2v) is 5.11. The molecule has 17 heavy (non-hydrogen) atoms. The fourth-order valence-corrected chi connectivity index (χ4v) is 3.19. The molecule has 4 heteroatoms. The molecule has 0 radical (unpaired) electrons. The summed E-state index contributed by atoms with van der Waals surface area (Å²) in [6.07, 6.45) is 0. The van der Waals surface area contributed by atoms with Crippen LogP contribution in [0, 0.1) is 11.3 Å². The third-order valence-electron chi connectivity index (χ3n) is 2.81. The molecular formula is C13H12N2OS. The van der Waals surface area contributed by atoms with E-state index in [4.69, 9.17) is 11.0 Å². The van der Waals surface area contributed by atoms with Crippen LogP contribution in [0.15, 0.2) is 40.9 Å². The highest BCUT2D eigenvalue weighted by Gasteiger charge is 2.38. The second kappa shape index (κ2) is 4.64. The normalized spacial score (nSPS) is 23.5. The average molecular weight is 244 g/mol. The number of carbonyl (C=O) groups excluding carboxylic acids is 1. The third kappa shape index (κ3) is 2.06. The van der Waals surface area contributed by atoms with Gasteiger partial charge in [0.05, 0.1) is 21.9 Å². The summed E-state index contributed by atoms with van der Waals surface area (Å²) in [7, 11) is 0. The molecule has 3 nitrogen and oxygen atoms in total. The summed E-state index contributed by atoms with van der Waals surface area (Å²) in [6, 6.07) is 11.7. The van der Waals surface area contributed by atoms with E-state index in [-0.39, 0.29) is 17.0 Å². The fourth-order valence-electron chi connectivity index (χ4n) is 2.02. The van der Waals surface area contributed by atoms with Gasteiger partial charge in [-0.25, -0.2) is 0 Å². The molecule has 1 unspecified atom stereocenters. The predicted octanol–water partition coefficient (Wildman–Crippen LogP) is 2.17. The molecule has 0 bridgehead atoms. The number of benzene rings is 1. The number of hydrogen-bond donors (Lipinski definition) is 1. The Morgan fingerprint density at radius 2 is 2.06 bits per heavy atom. The van der Waals surface area contributed by atoms with E-state index in [1.165, 1.54) is 11.8 Å². The number of nitrogens with zero attached hydrogens (tertiary/aromatic N) is 1. The van der Waals surface area contributed by atoms with Crippen LogP contribution in [0.3, 0.4) is 0 Å². The Hall–Kier alpha value is -1.73. The summed E-state index contributed by atoms with van der Waals surface area (Å²) in [4.78, 5) is 11.6. The highest BCUT2D eigenvalue weighted by atomic mass is 32.2. The summed E-state index contributed by atoms with van der Waals surface area (Å²) in [6.45, 7) is 1.54. The van der Waals surface area contributed by atoms with Crippen molar-refractivity contribution >= 4 is 17.5 Å². The highest BCUT2D eigenvalue weighted by molar-refractivity contribution is 8.04. The number of allylic oxidation sites excluding steroid dienone is 1. The molecule has 1 aliphatic heterocycles. The fraction of sp³-hybridized carbons (Fsp3) is 0.231. The Labute approximate surface area is 104 Å². The van der Waals surface area contributed by atoms with Gasteiger partial charge in [-0.3, -0.25) is 4.79 Å². The van der Waals surface area contributed by atoms with Gasteiger partial charge in [0.2, 0.25) is 0 Å². The van der Waals surface area contributed by atoms with E-state index in [2.05, 4.69) is 6.07 Å². The molecule has 0 aromatic heterocycles. The summed E-state index contributed by atoms with van der Waals surface area (Å²) in [5.74, 6) is -0.152. The third-order valence-corrected chi connectivity index (χ3v) is 4.14. The molecular weight excluding hydrogens is 232 g/mol. The molecule has 0 fully saturated rings. The topological polar surface area (TPSA) is 66.9 Å². The van der Waals surface area contributed by atoms with Gasteiger partial charge in [0.25, 0.3) is 0 Å². The van der Waals surface area contributed by atoms with Gasteiger partial charge in [-0.15, -0.1) is 0 Å². The van der Waals surface area contributed by atoms with Crippen LogP contribution in [0.25, 0.3) is 0 Å². The number of carbonyl (C=O) groups is 1. The van der Waals surface area contributed by atoms with Crippen molar-refractivity contribution < 1.29 is 4.79 Å². The lowest BCUT2D eigenvalue weighted by molar-refractivity contribution is -0.116. The van der Waals surface area contributed by atoms with Crippen molar-refractivity contribution in [2.75, 3.05) is 0 Å². The van der Waals surface area contributed by atoms with Crippen molar-refractivity contribution in [2.45, 2.75) is 18.1 Å². The number of rotatable bonds is 2. The highest BCUT2D eigenvalue weighted by Crippen LogP contribution is 2.45. The molecule has 2 rings (SSSR count). The maximum Gasteiger partial charge on any atom is 0.144 e. The number of ketones is 1. The van der Waals surface area contributed by atoms with Crippen LogP contribution in [-0.2, 0) is 4.79 Å². The van der Waals surface area contributed by atoms with E-state index in [1.807, 2.05) is 30.3 Å². The molecule has 1 aromatic carbocycles. The molecule has 1 aliphatic rings. The standard InChI is InChI=1S/C13H12N2OS/c1-8(16)12-11(9-5-3-2-4-6-9)10(7-14)13(15)17-12/h2-6,11-12H,15H2,1H3/t11-,12?/m0/s1. The Morgan fingerprint density at radius 1 is 1.41 bits per heavy atom. The number of hydrogen-bond acceptors (Lipinski definition) is 4. The summed E-state index contributed by atoms with van der Waals surface area (Å²) in [5, 5.41) is 9.36. The predicted molar refractivity (Wildman–Crippen MR) is 68.1 cm³/mol. The first-order valence-electron chi connectivity index (χ1n) is 5.27. The van der Waals surface area contributed by atoms with E-state index in [1.54, 1.807) is 6.92 Å². The molecule has 0 spiro atoms. The van der Waals surface area contributed by atoms with Crippen molar-refractivity contribution in [3.63, 3.8) is 0 Å². The van der Waals surface area contributed by atoms with Crippen molar-refractivity contribution in [1.82, 2.24) is 0 Å². The van der Waals surface area contributed by atoms with E-state index >= 15 is 0 Å². The van der Waals surface area contributed by atoms with Gasteiger partial charge in [0.15, 0.2) is 0 Å². The smallest absolute Gasteiger partial charge is 0.144 e. The molecule has 1 aromatic rings. The summed E-state index contributed by atoms with van der Waals surface area (Å²) in [5.41, 5.74) is 7.30. The van der Waals surface area contributed by atoms with E-state index < -0.39 is 0 Å². The van der Waals surface area contributed by atoms with Gasteiger partial charge >= 0.3 is 0 Å². The van der Waals surface area contributed by atoms with Crippen LogP contribution in [0.2, 0.25) is 0 Å². The van der Waals surface area contributed by atoms with Crippen LogP contribution < -0.4 is 5.73 Å².